The Kier molecular flexibility index (Phi) is 5.83. The second-order valence-electron chi connectivity index (χ2n) is 5.82. The van der Waals surface area contributed by atoms with Gasteiger partial charge in [-0.3, -0.25) is 0 Å². The smallest absolute Gasteiger partial charge is 0.349 e. The summed E-state index contributed by atoms with van der Waals surface area (Å²) >= 11 is 3.53. The van der Waals surface area contributed by atoms with E-state index >= 15 is 0 Å². The van der Waals surface area contributed by atoms with Crippen LogP contribution in [-0.2, 0) is 4.79 Å². The van der Waals surface area contributed by atoms with E-state index in [1.54, 1.807) is 6.07 Å². The molecule has 4 heteroatoms. The minimum absolute atomic E-state index is 0.116. The normalized spacial score (nSPS) is 10.7. The number of rotatable bonds is 5. The van der Waals surface area contributed by atoms with Crippen molar-refractivity contribution in [1.29, 1.82) is 0 Å². The highest BCUT2D eigenvalue weighted by atomic mass is 79.9. The van der Waals surface area contributed by atoms with Gasteiger partial charge in [-0.2, -0.15) is 0 Å². The predicted octanol–water partition coefficient (Wildman–Crippen LogP) is 5.17. The molecule has 0 aromatic heterocycles. The molecule has 0 spiro atoms. The molecule has 0 unspecified atom stereocenters. The van der Waals surface area contributed by atoms with Crippen LogP contribution in [0.5, 0.6) is 11.5 Å². The minimum Gasteiger partial charge on any atom is -0.482 e. The Balaban J connectivity index is 2.07. The quantitative estimate of drug-likeness (QED) is 0.533. The van der Waals surface area contributed by atoms with Crippen molar-refractivity contribution in [2.75, 3.05) is 6.61 Å². The molecule has 122 valence electrons. The summed E-state index contributed by atoms with van der Waals surface area (Å²) < 4.78 is 12.1. The fourth-order valence-corrected chi connectivity index (χ4v) is 2.57. The average molecular weight is 377 g/mol. The first kappa shape index (κ1) is 17.5. The van der Waals surface area contributed by atoms with Gasteiger partial charge >= 0.3 is 5.97 Å². The van der Waals surface area contributed by atoms with Crippen molar-refractivity contribution in [3.8, 4) is 11.5 Å². The van der Waals surface area contributed by atoms with Gasteiger partial charge in [-0.15, -0.1) is 0 Å². The van der Waals surface area contributed by atoms with E-state index in [9.17, 15) is 4.79 Å². The zero-order valence-corrected chi connectivity index (χ0v) is 15.4. The summed E-state index contributed by atoms with van der Waals surface area (Å²) in [5, 5.41) is 0. The zero-order chi connectivity index (χ0) is 17.0. The van der Waals surface area contributed by atoms with Gasteiger partial charge in [0.05, 0.1) is 0 Å². The molecule has 0 radical (unpaired) electrons. The number of para-hydroxylation sites is 1. The molecule has 2 aromatic carbocycles. The number of halogens is 1. The van der Waals surface area contributed by atoms with E-state index in [1.807, 2.05) is 44.2 Å². The Morgan fingerprint density at radius 3 is 2.43 bits per heavy atom. The first-order chi connectivity index (χ1) is 10.9. The molecule has 3 nitrogen and oxygen atoms in total. The van der Waals surface area contributed by atoms with Crippen LogP contribution in [0.3, 0.4) is 0 Å². The Hall–Kier alpha value is -1.81. The van der Waals surface area contributed by atoms with Crippen molar-refractivity contribution in [2.24, 2.45) is 0 Å². The van der Waals surface area contributed by atoms with Crippen LogP contribution in [0.4, 0.5) is 0 Å². The summed E-state index contributed by atoms with van der Waals surface area (Å²) in [7, 11) is 0. The standard InChI is InChI=1S/C19H21BrO3/c1-12(2)15-10-16(20)14(4)9-18(15)22-11-19(21)23-17-8-6-5-7-13(17)3/h5-10,12H,11H2,1-4H3. The van der Waals surface area contributed by atoms with Crippen molar-refractivity contribution < 1.29 is 14.3 Å². The van der Waals surface area contributed by atoms with Crippen LogP contribution in [0.2, 0.25) is 0 Å². The van der Waals surface area contributed by atoms with Gasteiger partial charge in [0.1, 0.15) is 11.5 Å². The number of ether oxygens (including phenoxy) is 2. The van der Waals surface area contributed by atoms with E-state index in [4.69, 9.17) is 9.47 Å². The summed E-state index contributed by atoms with van der Waals surface area (Å²) in [6.45, 7) is 7.96. The molecule has 0 bridgehead atoms. The molecule has 0 aliphatic carbocycles. The number of hydrogen-bond donors (Lipinski definition) is 0. The van der Waals surface area contributed by atoms with E-state index < -0.39 is 5.97 Å². The highest BCUT2D eigenvalue weighted by molar-refractivity contribution is 9.10. The van der Waals surface area contributed by atoms with E-state index in [1.165, 1.54) is 0 Å². The monoisotopic (exact) mass is 376 g/mol. The summed E-state index contributed by atoms with van der Waals surface area (Å²) in [4.78, 5) is 12.0. The Bertz CT molecular complexity index is 708. The molecular formula is C19H21BrO3. The zero-order valence-electron chi connectivity index (χ0n) is 13.9. The number of carbonyl (C=O) groups excluding carboxylic acids is 1. The van der Waals surface area contributed by atoms with Crippen molar-refractivity contribution in [3.63, 3.8) is 0 Å². The van der Waals surface area contributed by atoms with Gasteiger partial charge < -0.3 is 9.47 Å². The number of aryl methyl sites for hydroxylation is 2. The number of hydrogen-bond acceptors (Lipinski definition) is 3. The molecule has 0 heterocycles. The average Bonchev–Trinajstić information content (AvgIpc) is 2.50. The fraction of sp³-hybridized carbons (Fsp3) is 0.316. The third-order valence-electron chi connectivity index (χ3n) is 3.58. The molecule has 23 heavy (non-hydrogen) atoms. The second kappa shape index (κ2) is 7.64. The van der Waals surface area contributed by atoms with Crippen molar-refractivity contribution >= 4 is 21.9 Å². The summed E-state index contributed by atoms with van der Waals surface area (Å²) in [5.41, 5.74) is 3.05. The molecular weight excluding hydrogens is 356 g/mol. The molecule has 2 rings (SSSR count). The van der Waals surface area contributed by atoms with Gasteiger partial charge in [0.15, 0.2) is 6.61 Å². The summed E-state index contributed by atoms with van der Waals surface area (Å²) in [6, 6.07) is 11.4. The lowest BCUT2D eigenvalue weighted by molar-refractivity contribution is -0.136. The van der Waals surface area contributed by atoms with Crippen molar-refractivity contribution in [2.45, 2.75) is 33.6 Å². The highest BCUT2D eigenvalue weighted by Gasteiger charge is 2.14. The number of benzene rings is 2. The Morgan fingerprint density at radius 2 is 1.78 bits per heavy atom. The third kappa shape index (κ3) is 4.58. The van der Waals surface area contributed by atoms with Crippen LogP contribution in [0.1, 0.15) is 36.5 Å². The Labute approximate surface area is 145 Å². The molecule has 0 aliphatic rings. The number of esters is 1. The molecule has 0 aliphatic heterocycles. The van der Waals surface area contributed by atoms with Gasteiger partial charge in [-0.1, -0.05) is 48.0 Å². The molecule has 2 aromatic rings. The lowest BCUT2D eigenvalue weighted by atomic mass is 10.0. The predicted molar refractivity (Wildman–Crippen MR) is 95.3 cm³/mol. The van der Waals surface area contributed by atoms with Gasteiger partial charge in [0.2, 0.25) is 0 Å². The molecule has 0 saturated carbocycles. The van der Waals surface area contributed by atoms with E-state index in [0.717, 1.165) is 26.9 Å². The number of carbonyl (C=O) groups is 1. The van der Waals surface area contributed by atoms with Gasteiger partial charge in [-0.25, -0.2) is 4.79 Å². The van der Waals surface area contributed by atoms with Gasteiger partial charge in [0.25, 0.3) is 0 Å². The fourth-order valence-electron chi connectivity index (χ4n) is 2.21. The second-order valence-corrected chi connectivity index (χ2v) is 6.68. The lowest BCUT2D eigenvalue weighted by Gasteiger charge is -2.16. The SMILES string of the molecule is Cc1cc(OCC(=O)Oc2ccccc2C)c(C(C)C)cc1Br. The maximum Gasteiger partial charge on any atom is 0.349 e. The van der Waals surface area contributed by atoms with Crippen LogP contribution < -0.4 is 9.47 Å². The van der Waals surface area contributed by atoms with Crippen LogP contribution in [0, 0.1) is 13.8 Å². The molecule has 0 atom stereocenters. The first-order valence-electron chi connectivity index (χ1n) is 7.57. The van der Waals surface area contributed by atoms with Gasteiger partial charge in [0, 0.05) is 4.47 Å². The minimum atomic E-state index is -0.408. The maximum atomic E-state index is 12.0. The summed E-state index contributed by atoms with van der Waals surface area (Å²) in [6.07, 6.45) is 0. The Morgan fingerprint density at radius 1 is 1.09 bits per heavy atom. The van der Waals surface area contributed by atoms with Crippen LogP contribution in [0.25, 0.3) is 0 Å². The van der Waals surface area contributed by atoms with E-state index in [2.05, 4.69) is 29.8 Å². The summed E-state index contributed by atoms with van der Waals surface area (Å²) in [5.74, 6) is 1.18. The van der Waals surface area contributed by atoms with Crippen LogP contribution in [-0.4, -0.2) is 12.6 Å². The topological polar surface area (TPSA) is 35.5 Å². The maximum absolute atomic E-state index is 12.0. The van der Waals surface area contributed by atoms with Gasteiger partial charge in [-0.05, 0) is 54.7 Å². The molecule has 0 N–H and O–H groups in total. The molecule has 0 saturated heterocycles. The van der Waals surface area contributed by atoms with Crippen LogP contribution in [0.15, 0.2) is 40.9 Å². The third-order valence-corrected chi connectivity index (χ3v) is 4.43. The van der Waals surface area contributed by atoms with E-state index in [-0.39, 0.29) is 6.61 Å². The largest absolute Gasteiger partial charge is 0.482 e. The van der Waals surface area contributed by atoms with E-state index in [0.29, 0.717) is 11.7 Å². The first-order valence-corrected chi connectivity index (χ1v) is 8.37. The molecule has 0 fully saturated rings. The van der Waals surface area contributed by atoms with Crippen molar-refractivity contribution in [3.05, 3.63) is 57.6 Å². The van der Waals surface area contributed by atoms with Crippen LogP contribution >= 0.6 is 15.9 Å². The lowest BCUT2D eigenvalue weighted by Crippen LogP contribution is -2.18. The highest BCUT2D eigenvalue weighted by Crippen LogP contribution is 2.32. The van der Waals surface area contributed by atoms with Crippen molar-refractivity contribution in [1.82, 2.24) is 0 Å². The molecule has 0 amide bonds.